The third kappa shape index (κ3) is 3.67. The minimum Gasteiger partial charge on any atom is -0.508 e. The van der Waals surface area contributed by atoms with Gasteiger partial charge in [-0.25, -0.2) is 0 Å². The summed E-state index contributed by atoms with van der Waals surface area (Å²) >= 11 is 0. The summed E-state index contributed by atoms with van der Waals surface area (Å²) in [6.07, 6.45) is -9.28. The van der Waals surface area contributed by atoms with Gasteiger partial charge in [0.25, 0.3) is 0 Å². The van der Waals surface area contributed by atoms with Gasteiger partial charge in [-0.2, -0.15) is 26.3 Å². The van der Waals surface area contributed by atoms with Crippen molar-refractivity contribution >= 4 is 0 Å². The van der Waals surface area contributed by atoms with Crippen LogP contribution in [-0.2, 0) is 17.8 Å². The van der Waals surface area contributed by atoms with Crippen LogP contribution in [0.2, 0.25) is 0 Å². The highest BCUT2D eigenvalue weighted by Crippen LogP contribution is 2.44. The minimum absolute atomic E-state index is 0.0376. The fourth-order valence-electron chi connectivity index (χ4n) is 2.62. The molecule has 0 aromatic heterocycles. The molecule has 0 bridgehead atoms. The second-order valence-electron chi connectivity index (χ2n) is 6.08. The summed E-state index contributed by atoms with van der Waals surface area (Å²) in [7, 11) is 0. The number of alkyl halides is 6. The standard InChI is InChI=1S/C17H14F6O2/c1-15(2,11-5-3-9(7-13(11)24)16(18,19)20)12-6-4-10(8-14(12)25)17(21,22)23/h3-8,24-25H,1-2H3. The molecule has 8 heteroatoms. The largest absolute Gasteiger partial charge is 0.508 e. The van der Waals surface area contributed by atoms with Crippen LogP contribution in [0.4, 0.5) is 26.3 Å². The van der Waals surface area contributed by atoms with Crippen LogP contribution in [0.1, 0.15) is 36.1 Å². The molecule has 0 saturated heterocycles. The molecule has 0 heterocycles. The monoisotopic (exact) mass is 364 g/mol. The second-order valence-corrected chi connectivity index (χ2v) is 6.08. The van der Waals surface area contributed by atoms with Crippen LogP contribution in [0.5, 0.6) is 11.5 Å². The predicted octanol–water partition coefficient (Wildman–Crippen LogP) is 5.46. The van der Waals surface area contributed by atoms with Crippen LogP contribution in [0, 0.1) is 0 Å². The molecule has 0 atom stereocenters. The van der Waals surface area contributed by atoms with Gasteiger partial charge in [0.05, 0.1) is 11.1 Å². The summed E-state index contributed by atoms with van der Waals surface area (Å²) in [4.78, 5) is 0. The minimum atomic E-state index is -4.64. The Morgan fingerprint density at radius 2 is 0.960 bits per heavy atom. The first-order chi connectivity index (χ1) is 11.2. The Labute approximate surface area is 139 Å². The maximum absolute atomic E-state index is 12.7. The first kappa shape index (κ1) is 19.0. The lowest BCUT2D eigenvalue weighted by molar-refractivity contribution is -0.138. The molecule has 0 amide bonds. The predicted molar refractivity (Wildman–Crippen MR) is 78.3 cm³/mol. The second kappa shape index (κ2) is 5.86. The molecule has 2 nitrogen and oxygen atoms in total. The number of benzene rings is 2. The number of hydrogen-bond donors (Lipinski definition) is 2. The van der Waals surface area contributed by atoms with Gasteiger partial charge in [0.1, 0.15) is 11.5 Å². The normalized spacial score (nSPS) is 13.1. The van der Waals surface area contributed by atoms with E-state index in [9.17, 15) is 36.6 Å². The fourth-order valence-corrected chi connectivity index (χ4v) is 2.62. The van der Waals surface area contributed by atoms with E-state index in [1.54, 1.807) is 0 Å². The van der Waals surface area contributed by atoms with Crippen LogP contribution in [-0.4, -0.2) is 10.2 Å². The first-order valence-corrected chi connectivity index (χ1v) is 7.06. The Balaban J connectivity index is 2.52. The molecule has 2 N–H and O–H groups in total. The van der Waals surface area contributed by atoms with E-state index in [4.69, 9.17) is 0 Å². The highest BCUT2D eigenvalue weighted by molar-refractivity contribution is 5.52. The highest BCUT2D eigenvalue weighted by Gasteiger charge is 2.36. The summed E-state index contributed by atoms with van der Waals surface area (Å²) in [5.41, 5.74) is -3.27. The van der Waals surface area contributed by atoms with Gasteiger partial charge in [0, 0.05) is 16.5 Å². The maximum Gasteiger partial charge on any atom is 0.416 e. The van der Waals surface area contributed by atoms with E-state index < -0.39 is 40.4 Å². The Bertz CT molecular complexity index is 725. The molecular formula is C17H14F6O2. The summed E-state index contributed by atoms with van der Waals surface area (Å²) < 4.78 is 76.1. The molecule has 136 valence electrons. The molecule has 2 rings (SSSR count). The van der Waals surface area contributed by atoms with Gasteiger partial charge in [-0.05, 0) is 24.3 Å². The number of phenols is 2. The van der Waals surface area contributed by atoms with Gasteiger partial charge in [0.2, 0.25) is 0 Å². The lowest BCUT2D eigenvalue weighted by Gasteiger charge is -2.28. The van der Waals surface area contributed by atoms with E-state index in [0.717, 1.165) is 24.3 Å². The Morgan fingerprint density at radius 3 is 1.20 bits per heavy atom. The van der Waals surface area contributed by atoms with Crippen molar-refractivity contribution < 1.29 is 36.6 Å². The molecule has 0 fully saturated rings. The number of aromatic hydroxyl groups is 2. The number of hydrogen-bond acceptors (Lipinski definition) is 2. The molecule has 25 heavy (non-hydrogen) atoms. The Kier molecular flexibility index (Phi) is 4.44. The van der Waals surface area contributed by atoms with E-state index in [0.29, 0.717) is 12.1 Å². The van der Waals surface area contributed by atoms with E-state index in [1.165, 1.54) is 13.8 Å². The van der Waals surface area contributed by atoms with Crippen LogP contribution in [0.15, 0.2) is 36.4 Å². The van der Waals surface area contributed by atoms with Crippen molar-refractivity contribution in [3.05, 3.63) is 58.7 Å². The van der Waals surface area contributed by atoms with Crippen LogP contribution in [0.3, 0.4) is 0 Å². The lowest BCUT2D eigenvalue weighted by Crippen LogP contribution is -2.20. The van der Waals surface area contributed by atoms with Gasteiger partial charge >= 0.3 is 12.4 Å². The van der Waals surface area contributed by atoms with E-state index in [1.807, 2.05) is 0 Å². The molecule has 0 aliphatic rings. The van der Waals surface area contributed by atoms with Gasteiger partial charge in [-0.1, -0.05) is 26.0 Å². The molecule has 2 aromatic carbocycles. The summed E-state index contributed by atoms with van der Waals surface area (Å²) in [6.45, 7) is 2.94. The summed E-state index contributed by atoms with van der Waals surface area (Å²) in [5.74, 6) is -1.33. The molecule has 0 radical (unpaired) electrons. The van der Waals surface area contributed by atoms with Crippen LogP contribution in [0.25, 0.3) is 0 Å². The Morgan fingerprint density at radius 1 is 0.640 bits per heavy atom. The van der Waals surface area contributed by atoms with E-state index >= 15 is 0 Å². The summed E-state index contributed by atoms with van der Waals surface area (Å²) in [6, 6.07) is 4.68. The van der Waals surface area contributed by atoms with E-state index in [2.05, 4.69) is 0 Å². The van der Waals surface area contributed by atoms with Gasteiger partial charge in [-0.3, -0.25) is 0 Å². The molecule has 0 saturated carbocycles. The average Bonchev–Trinajstić information content (AvgIpc) is 2.44. The molecule has 0 spiro atoms. The number of phenolic OH excluding ortho intramolecular Hbond substituents is 2. The van der Waals surface area contributed by atoms with Crippen molar-refractivity contribution in [2.24, 2.45) is 0 Å². The molecule has 0 aliphatic heterocycles. The maximum atomic E-state index is 12.7. The number of rotatable bonds is 2. The number of halogens is 6. The first-order valence-electron chi connectivity index (χ1n) is 7.06. The topological polar surface area (TPSA) is 40.5 Å². The zero-order valence-electron chi connectivity index (χ0n) is 13.1. The van der Waals surface area contributed by atoms with Crippen molar-refractivity contribution in [2.45, 2.75) is 31.6 Å². The van der Waals surface area contributed by atoms with Gasteiger partial charge < -0.3 is 10.2 Å². The molecule has 2 aromatic rings. The third-order valence-corrected chi connectivity index (χ3v) is 4.00. The van der Waals surface area contributed by atoms with Crippen LogP contribution >= 0.6 is 0 Å². The molecule has 0 aliphatic carbocycles. The molecular weight excluding hydrogens is 350 g/mol. The smallest absolute Gasteiger partial charge is 0.416 e. The van der Waals surface area contributed by atoms with Crippen molar-refractivity contribution in [1.82, 2.24) is 0 Å². The van der Waals surface area contributed by atoms with Crippen molar-refractivity contribution in [3.63, 3.8) is 0 Å². The quantitative estimate of drug-likeness (QED) is 0.695. The van der Waals surface area contributed by atoms with E-state index in [-0.39, 0.29) is 11.1 Å². The lowest BCUT2D eigenvalue weighted by atomic mass is 9.76. The van der Waals surface area contributed by atoms with Crippen molar-refractivity contribution in [1.29, 1.82) is 0 Å². The SMILES string of the molecule is CC(C)(c1ccc(C(F)(F)F)cc1O)c1ccc(C(F)(F)F)cc1O. The van der Waals surface area contributed by atoms with Gasteiger partial charge in [0.15, 0.2) is 0 Å². The third-order valence-electron chi connectivity index (χ3n) is 4.00. The average molecular weight is 364 g/mol. The summed E-state index contributed by atoms with van der Waals surface area (Å²) in [5, 5.41) is 19.9. The van der Waals surface area contributed by atoms with Crippen molar-refractivity contribution in [3.8, 4) is 11.5 Å². The Hall–Kier alpha value is -2.38. The fraction of sp³-hybridized carbons (Fsp3) is 0.294. The zero-order chi connectivity index (χ0) is 19.2. The van der Waals surface area contributed by atoms with Crippen molar-refractivity contribution in [2.75, 3.05) is 0 Å². The highest BCUT2D eigenvalue weighted by atomic mass is 19.4. The molecule has 0 unspecified atom stereocenters. The zero-order valence-corrected chi connectivity index (χ0v) is 13.1. The van der Waals surface area contributed by atoms with Gasteiger partial charge in [-0.15, -0.1) is 0 Å². The van der Waals surface area contributed by atoms with Crippen LogP contribution < -0.4 is 0 Å².